The molecule has 0 radical (unpaired) electrons. The van der Waals surface area contributed by atoms with E-state index < -0.39 is 6.61 Å². The summed E-state index contributed by atoms with van der Waals surface area (Å²) in [4.78, 5) is 18.7. The van der Waals surface area contributed by atoms with Gasteiger partial charge in [0.2, 0.25) is 0 Å². The number of amides is 1. The Bertz CT molecular complexity index is 766. The summed E-state index contributed by atoms with van der Waals surface area (Å²) in [5.74, 6) is 0.238. The number of hydrogen-bond donors (Lipinski definition) is 1. The van der Waals surface area contributed by atoms with E-state index in [2.05, 4.69) is 15.0 Å². The van der Waals surface area contributed by atoms with Crippen molar-refractivity contribution in [3.8, 4) is 5.75 Å². The number of rotatable bonds is 6. The van der Waals surface area contributed by atoms with Crippen LogP contribution in [0, 0.1) is 0 Å². The van der Waals surface area contributed by atoms with Gasteiger partial charge in [-0.2, -0.15) is 8.78 Å². The lowest BCUT2D eigenvalue weighted by Gasteiger charge is -2.21. The molecule has 1 fully saturated rings. The highest BCUT2D eigenvalue weighted by molar-refractivity contribution is 7.09. The van der Waals surface area contributed by atoms with Gasteiger partial charge in [-0.15, -0.1) is 11.3 Å². The van der Waals surface area contributed by atoms with Crippen molar-refractivity contribution in [1.29, 1.82) is 0 Å². The van der Waals surface area contributed by atoms with Crippen molar-refractivity contribution in [3.63, 3.8) is 0 Å². The summed E-state index contributed by atoms with van der Waals surface area (Å²) in [6.07, 6.45) is 0.732. The number of benzene rings is 1. The van der Waals surface area contributed by atoms with E-state index in [1.54, 1.807) is 23.6 Å². The zero-order chi connectivity index (χ0) is 18.7. The van der Waals surface area contributed by atoms with Gasteiger partial charge in [0, 0.05) is 30.4 Å². The van der Waals surface area contributed by atoms with E-state index >= 15 is 0 Å². The first kappa shape index (κ1) is 18.6. The smallest absolute Gasteiger partial charge is 0.387 e. The highest BCUT2D eigenvalue weighted by Crippen LogP contribution is 2.31. The van der Waals surface area contributed by atoms with Gasteiger partial charge < -0.3 is 15.0 Å². The molecule has 26 heavy (non-hydrogen) atoms. The molecule has 140 valence electrons. The molecule has 0 spiro atoms. The highest BCUT2D eigenvalue weighted by atomic mass is 32.1. The minimum absolute atomic E-state index is 0.0636. The molecule has 1 aromatic heterocycles. The fourth-order valence-electron chi connectivity index (χ4n) is 2.93. The summed E-state index contributed by atoms with van der Waals surface area (Å²) in [6.45, 7) is 2.40. The maximum absolute atomic E-state index is 12.6. The molecule has 2 aromatic rings. The van der Waals surface area contributed by atoms with Gasteiger partial charge in [0.25, 0.3) is 5.91 Å². The number of nitrogens with one attached hydrogen (secondary N) is 1. The Labute approximate surface area is 155 Å². The molecule has 5 nitrogen and oxygen atoms in total. The monoisotopic (exact) mass is 381 g/mol. The van der Waals surface area contributed by atoms with Gasteiger partial charge in [-0.05, 0) is 18.6 Å². The molecule has 0 bridgehead atoms. The Morgan fingerprint density at radius 1 is 1.38 bits per heavy atom. The molecule has 0 aliphatic carbocycles. The number of alkyl halides is 2. The van der Waals surface area contributed by atoms with Gasteiger partial charge in [0.05, 0.1) is 10.7 Å². The van der Waals surface area contributed by atoms with Crippen LogP contribution in [0.2, 0.25) is 0 Å². The lowest BCUT2D eigenvalue weighted by Crippen LogP contribution is -2.37. The van der Waals surface area contributed by atoms with Crippen LogP contribution in [0.25, 0.3) is 0 Å². The molecule has 1 N–H and O–H groups in total. The van der Waals surface area contributed by atoms with Crippen molar-refractivity contribution in [3.05, 3.63) is 40.3 Å². The van der Waals surface area contributed by atoms with Crippen LogP contribution >= 0.6 is 11.3 Å². The molecule has 8 heteroatoms. The molecule has 1 amide bonds. The van der Waals surface area contributed by atoms with E-state index in [-0.39, 0.29) is 23.6 Å². The van der Waals surface area contributed by atoms with Gasteiger partial charge >= 0.3 is 6.61 Å². The van der Waals surface area contributed by atoms with Crippen molar-refractivity contribution in [2.75, 3.05) is 18.0 Å². The maximum atomic E-state index is 12.6. The lowest BCUT2D eigenvalue weighted by molar-refractivity contribution is -0.0495. The molecule has 1 aromatic carbocycles. The van der Waals surface area contributed by atoms with Crippen LogP contribution in [0.1, 0.15) is 41.7 Å². The van der Waals surface area contributed by atoms with Crippen molar-refractivity contribution in [1.82, 2.24) is 10.3 Å². The zero-order valence-corrected chi connectivity index (χ0v) is 15.4. The third-order valence-electron chi connectivity index (χ3n) is 4.19. The number of halogens is 2. The first-order valence-corrected chi connectivity index (χ1v) is 9.37. The number of anilines is 1. The molecular weight excluding hydrogens is 360 g/mol. The van der Waals surface area contributed by atoms with Crippen LogP contribution in [-0.2, 0) is 0 Å². The normalized spacial score (nSPS) is 17.2. The predicted octanol–water partition coefficient (Wildman–Crippen LogP) is 3.88. The topological polar surface area (TPSA) is 54.5 Å². The fourth-order valence-corrected chi connectivity index (χ4v) is 3.74. The number of carbonyl (C=O) groups excluding carboxylic acids is 1. The van der Waals surface area contributed by atoms with Crippen LogP contribution in [0.15, 0.2) is 29.6 Å². The second kappa shape index (κ2) is 7.99. The molecule has 2 heterocycles. The van der Waals surface area contributed by atoms with E-state index in [9.17, 15) is 13.6 Å². The van der Waals surface area contributed by atoms with E-state index in [0.29, 0.717) is 24.5 Å². The Morgan fingerprint density at radius 2 is 2.15 bits per heavy atom. The van der Waals surface area contributed by atoms with Crippen molar-refractivity contribution in [2.45, 2.75) is 38.8 Å². The Kier molecular flexibility index (Phi) is 5.70. The molecule has 1 atom stereocenters. The number of thiazole rings is 1. The van der Waals surface area contributed by atoms with Crippen LogP contribution < -0.4 is 15.0 Å². The van der Waals surface area contributed by atoms with Gasteiger partial charge in [0.15, 0.2) is 0 Å². The van der Waals surface area contributed by atoms with E-state index in [0.717, 1.165) is 11.4 Å². The SMILES string of the molecule is CC(C)c1nc(C(=O)NC2CCN(c3ccccc3OC(F)F)C2)cs1. The first-order valence-electron chi connectivity index (χ1n) is 8.49. The maximum Gasteiger partial charge on any atom is 0.387 e. The molecule has 1 unspecified atom stereocenters. The molecule has 1 aliphatic rings. The number of para-hydroxylation sites is 2. The summed E-state index contributed by atoms with van der Waals surface area (Å²) >= 11 is 1.48. The van der Waals surface area contributed by atoms with Crippen LogP contribution in [0.3, 0.4) is 0 Å². The van der Waals surface area contributed by atoms with Crippen LogP contribution in [-0.4, -0.2) is 36.6 Å². The second-order valence-electron chi connectivity index (χ2n) is 6.48. The highest BCUT2D eigenvalue weighted by Gasteiger charge is 2.27. The zero-order valence-electron chi connectivity index (χ0n) is 14.6. The lowest BCUT2D eigenvalue weighted by atomic mass is 10.2. The summed E-state index contributed by atoms with van der Waals surface area (Å²) in [7, 11) is 0. The van der Waals surface area contributed by atoms with Crippen molar-refractivity contribution in [2.24, 2.45) is 0 Å². The predicted molar refractivity (Wildman–Crippen MR) is 97.4 cm³/mol. The number of aromatic nitrogens is 1. The van der Waals surface area contributed by atoms with E-state index in [1.165, 1.54) is 17.4 Å². The molecule has 0 saturated carbocycles. The van der Waals surface area contributed by atoms with Gasteiger partial charge in [-0.1, -0.05) is 26.0 Å². The van der Waals surface area contributed by atoms with E-state index in [4.69, 9.17) is 0 Å². The largest absolute Gasteiger partial charge is 0.433 e. The summed E-state index contributed by atoms with van der Waals surface area (Å²) in [6, 6.07) is 6.65. The quantitative estimate of drug-likeness (QED) is 0.825. The molecular formula is C18H21F2N3O2S. The standard InChI is InChI=1S/C18H21F2N3O2S/c1-11(2)17-22-13(10-26-17)16(24)21-12-7-8-23(9-12)14-5-3-4-6-15(14)25-18(19)20/h3-6,10-12,18H,7-9H2,1-2H3,(H,21,24). The fraction of sp³-hybridized carbons (Fsp3) is 0.444. The van der Waals surface area contributed by atoms with E-state index in [1.807, 2.05) is 18.7 Å². The third kappa shape index (κ3) is 4.30. The molecule has 1 saturated heterocycles. The number of nitrogens with zero attached hydrogens (tertiary/aromatic N) is 2. The van der Waals surface area contributed by atoms with Crippen molar-refractivity contribution < 1.29 is 18.3 Å². The van der Waals surface area contributed by atoms with Crippen LogP contribution in [0.4, 0.5) is 14.5 Å². The Hall–Kier alpha value is -2.22. The average molecular weight is 381 g/mol. The second-order valence-corrected chi connectivity index (χ2v) is 7.37. The van der Waals surface area contributed by atoms with Gasteiger partial charge in [0.1, 0.15) is 11.4 Å². The van der Waals surface area contributed by atoms with Crippen LogP contribution in [0.5, 0.6) is 5.75 Å². The molecule has 3 rings (SSSR count). The summed E-state index contributed by atoms with van der Waals surface area (Å²) in [5, 5.41) is 5.68. The van der Waals surface area contributed by atoms with Gasteiger partial charge in [-0.3, -0.25) is 4.79 Å². The van der Waals surface area contributed by atoms with Crippen molar-refractivity contribution >= 4 is 22.9 Å². The minimum Gasteiger partial charge on any atom is -0.433 e. The number of carbonyl (C=O) groups is 1. The number of ether oxygens (including phenoxy) is 1. The average Bonchev–Trinajstić information content (AvgIpc) is 3.24. The molecule has 1 aliphatic heterocycles. The van der Waals surface area contributed by atoms with Gasteiger partial charge in [-0.25, -0.2) is 4.98 Å². The summed E-state index contributed by atoms with van der Waals surface area (Å²) < 4.78 is 29.8. The Balaban J connectivity index is 1.63. The third-order valence-corrected chi connectivity index (χ3v) is 5.34. The first-order chi connectivity index (χ1) is 12.4. The Morgan fingerprint density at radius 3 is 2.85 bits per heavy atom. The summed E-state index contributed by atoms with van der Waals surface area (Å²) in [5.41, 5.74) is 1.04. The minimum atomic E-state index is -2.87. The number of hydrogen-bond acceptors (Lipinski definition) is 5.